The van der Waals surface area contributed by atoms with Crippen LogP contribution in [-0.2, 0) is 9.59 Å². The Balaban J connectivity index is 1.59. The average Bonchev–Trinajstić information content (AvgIpc) is 3.03. The Kier molecular flexibility index (Phi) is 4.85. The standard InChI is InChI=1S/C17H17ClN2O4/c18-13-5-6-14(16-12(13)2-1-7-19-16)24-9-15(21)20-11-4-3-10(8-11)17(22)23/h1-2,5-7,10-11H,3-4,8-9H2,(H,20,21)(H,22,23)/t10-,11+/m0/s1. The van der Waals surface area contributed by atoms with E-state index in [0.29, 0.717) is 35.6 Å². The molecule has 0 bridgehead atoms. The molecule has 1 aromatic heterocycles. The van der Waals surface area contributed by atoms with Crippen LogP contribution in [-0.4, -0.2) is 34.6 Å². The largest absolute Gasteiger partial charge is 0.481 e. The molecule has 7 heteroatoms. The van der Waals surface area contributed by atoms with Gasteiger partial charge in [-0.2, -0.15) is 0 Å². The van der Waals surface area contributed by atoms with Gasteiger partial charge in [0.1, 0.15) is 11.3 Å². The molecule has 2 atom stereocenters. The monoisotopic (exact) mass is 348 g/mol. The highest BCUT2D eigenvalue weighted by molar-refractivity contribution is 6.35. The first kappa shape index (κ1) is 16.5. The van der Waals surface area contributed by atoms with Crippen molar-refractivity contribution < 1.29 is 19.4 Å². The Bertz CT molecular complexity index is 780. The molecule has 0 spiro atoms. The summed E-state index contributed by atoms with van der Waals surface area (Å²) < 4.78 is 5.57. The van der Waals surface area contributed by atoms with Gasteiger partial charge in [-0.3, -0.25) is 14.6 Å². The summed E-state index contributed by atoms with van der Waals surface area (Å²) in [4.78, 5) is 27.2. The fourth-order valence-electron chi connectivity index (χ4n) is 2.98. The lowest BCUT2D eigenvalue weighted by atomic mass is 10.1. The maximum atomic E-state index is 12.0. The second-order valence-electron chi connectivity index (χ2n) is 5.85. The number of nitrogens with one attached hydrogen (secondary N) is 1. The molecule has 0 saturated heterocycles. The number of hydrogen-bond acceptors (Lipinski definition) is 4. The second kappa shape index (κ2) is 7.05. The molecule has 1 aliphatic carbocycles. The van der Waals surface area contributed by atoms with Gasteiger partial charge in [0.05, 0.1) is 10.9 Å². The maximum absolute atomic E-state index is 12.0. The number of rotatable bonds is 5. The number of hydrogen-bond donors (Lipinski definition) is 2. The van der Waals surface area contributed by atoms with Gasteiger partial charge in [-0.1, -0.05) is 11.6 Å². The van der Waals surface area contributed by atoms with E-state index >= 15 is 0 Å². The molecule has 1 saturated carbocycles. The number of carboxylic acids is 1. The highest BCUT2D eigenvalue weighted by atomic mass is 35.5. The van der Waals surface area contributed by atoms with E-state index in [1.165, 1.54) is 0 Å². The molecule has 0 aliphatic heterocycles. The van der Waals surface area contributed by atoms with Crippen molar-refractivity contribution >= 4 is 34.4 Å². The number of ether oxygens (including phenoxy) is 1. The number of benzene rings is 1. The Morgan fingerprint density at radius 1 is 1.33 bits per heavy atom. The van der Waals surface area contributed by atoms with Crippen LogP contribution >= 0.6 is 11.6 Å². The predicted octanol–water partition coefficient (Wildman–Crippen LogP) is 2.64. The summed E-state index contributed by atoms with van der Waals surface area (Å²) in [6, 6.07) is 6.89. The third-order valence-electron chi connectivity index (χ3n) is 4.19. The zero-order valence-electron chi connectivity index (χ0n) is 12.9. The third kappa shape index (κ3) is 3.59. The second-order valence-corrected chi connectivity index (χ2v) is 6.25. The van der Waals surface area contributed by atoms with Crippen molar-refractivity contribution in [3.8, 4) is 5.75 Å². The van der Waals surface area contributed by atoms with Crippen LogP contribution in [0.15, 0.2) is 30.5 Å². The lowest BCUT2D eigenvalue weighted by molar-refractivity contribution is -0.141. The van der Waals surface area contributed by atoms with Crippen LogP contribution in [0.1, 0.15) is 19.3 Å². The minimum Gasteiger partial charge on any atom is -0.481 e. The van der Waals surface area contributed by atoms with Crippen LogP contribution < -0.4 is 10.1 Å². The van der Waals surface area contributed by atoms with Crippen molar-refractivity contribution in [2.75, 3.05) is 6.61 Å². The van der Waals surface area contributed by atoms with Crippen LogP contribution in [0.25, 0.3) is 10.9 Å². The van der Waals surface area contributed by atoms with Gasteiger partial charge >= 0.3 is 5.97 Å². The Hall–Kier alpha value is -2.34. The van der Waals surface area contributed by atoms with Crippen molar-refractivity contribution in [3.63, 3.8) is 0 Å². The summed E-state index contributed by atoms with van der Waals surface area (Å²) in [5, 5.41) is 13.1. The molecule has 2 aromatic rings. The van der Waals surface area contributed by atoms with E-state index in [0.717, 1.165) is 5.39 Å². The van der Waals surface area contributed by atoms with E-state index in [1.54, 1.807) is 24.4 Å². The van der Waals surface area contributed by atoms with Crippen LogP contribution in [0.5, 0.6) is 5.75 Å². The average molecular weight is 349 g/mol. The van der Waals surface area contributed by atoms with Crippen LogP contribution in [0.3, 0.4) is 0 Å². The number of halogens is 1. The minimum absolute atomic E-state index is 0.109. The molecule has 0 radical (unpaired) electrons. The summed E-state index contributed by atoms with van der Waals surface area (Å²) in [6.07, 6.45) is 3.36. The lowest BCUT2D eigenvalue weighted by Gasteiger charge is -2.14. The smallest absolute Gasteiger partial charge is 0.306 e. The predicted molar refractivity (Wildman–Crippen MR) is 89.2 cm³/mol. The van der Waals surface area contributed by atoms with Crippen molar-refractivity contribution in [2.24, 2.45) is 5.92 Å². The zero-order chi connectivity index (χ0) is 17.1. The molecule has 1 aromatic carbocycles. The van der Waals surface area contributed by atoms with Crippen LogP contribution in [0, 0.1) is 5.92 Å². The Labute approximate surface area is 143 Å². The molecule has 1 fully saturated rings. The van der Waals surface area contributed by atoms with E-state index in [-0.39, 0.29) is 24.5 Å². The number of carboxylic acid groups (broad SMARTS) is 1. The first-order valence-electron chi connectivity index (χ1n) is 7.73. The molecule has 1 aliphatic rings. The number of amides is 1. The van der Waals surface area contributed by atoms with Crippen molar-refractivity contribution in [2.45, 2.75) is 25.3 Å². The highest BCUT2D eigenvalue weighted by Gasteiger charge is 2.30. The van der Waals surface area contributed by atoms with Gasteiger partial charge in [-0.25, -0.2) is 0 Å². The fourth-order valence-corrected chi connectivity index (χ4v) is 3.19. The SMILES string of the molecule is O=C(COc1ccc(Cl)c2cccnc12)N[C@@H]1CC[C@H](C(=O)O)C1. The number of aromatic nitrogens is 1. The maximum Gasteiger partial charge on any atom is 0.306 e. The number of pyridine rings is 1. The van der Waals surface area contributed by atoms with E-state index in [2.05, 4.69) is 10.3 Å². The van der Waals surface area contributed by atoms with Crippen LogP contribution in [0.4, 0.5) is 0 Å². The minimum atomic E-state index is -0.804. The Morgan fingerprint density at radius 3 is 2.92 bits per heavy atom. The summed E-state index contributed by atoms with van der Waals surface area (Å²) in [7, 11) is 0. The summed E-state index contributed by atoms with van der Waals surface area (Å²) in [6.45, 7) is -0.151. The fraction of sp³-hybridized carbons (Fsp3) is 0.353. The van der Waals surface area contributed by atoms with E-state index in [9.17, 15) is 9.59 Å². The molecular weight excluding hydrogens is 332 g/mol. The van der Waals surface area contributed by atoms with Crippen LogP contribution in [0.2, 0.25) is 5.02 Å². The van der Waals surface area contributed by atoms with Gasteiger partial charge in [0.25, 0.3) is 5.91 Å². The molecule has 3 rings (SSSR count). The molecular formula is C17H17ClN2O4. The number of carbonyl (C=O) groups excluding carboxylic acids is 1. The normalized spacial score (nSPS) is 20.0. The topological polar surface area (TPSA) is 88.5 Å². The molecule has 2 N–H and O–H groups in total. The number of fused-ring (bicyclic) bond motifs is 1. The van der Waals surface area contributed by atoms with Crippen molar-refractivity contribution in [1.29, 1.82) is 0 Å². The highest BCUT2D eigenvalue weighted by Crippen LogP contribution is 2.29. The summed E-state index contributed by atoms with van der Waals surface area (Å²) >= 11 is 6.12. The number of nitrogens with zero attached hydrogens (tertiary/aromatic N) is 1. The quantitative estimate of drug-likeness (QED) is 0.867. The van der Waals surface area contributed by atoms with Crippen molar-refractivity contribution in [3.05, 3.63) is 35.5 Å². The number of aliphatic carboxylic acids is 1. The van der Waals surface area contributed by atoms with Gasteiger partial charge in [0.15, 0.2) is 6.61 Å². The first-order valence-corrected chi connectivity index (χ1v) is 8.10. The molecule has 24 heavy (non-hydrogen) atoms. The molecule has 0 unspecified atom stereocenters. The number of carbonyl (C=O) groups is 2. The Morgan fingerprint density at radius 2 is 2.17 bits per heavy atom. The third-order valence-corrected chi connectivity index (χ3v) is 4.51. The summed E-state index contributed by atoms with van der Waals surface area (Å²) in [5.74, 6) is -0.965. The van der Waals surface area contributed by atoms with Gasteiger partial charge in [-0.05, 0) is 43.5 Å². The molecule has 1 heterocycles. The van der Waals surface area contributed by atoms with E-state index < -0.39 is 5.97 Å². The zero-order valence-corrected chi connectivity index (χ0v) is 13.6. The van der Waals surface area contributed by atoms with Gasteiger partial charge in [-0.15, -0.1) is 0 Å². The first-order chi connectivity index (χ1) is 11.5. The van der Waals surface area contributed by atoms with Gasteiger partial charge in [0.2, 0.25) is 0 Å². The van der Waals surface area contributed by atoms with E-state index in [1.807, 2.05) is 6.07 Å². The molecule has 1 amide bonds. The molecule has 126 valence electrons. The van der Waals surface area contributed by atoms with Crippen molar-refractivity contribution in [1.82, 2.24) is 10.3 Å². The van der Waals surface area contributed by atoms with Gasteiger partial charge < -0.3 is 15.2 Å². The van der Waals surface area contributed by atoms with Gasteiger partial charge in [0, 0.05) is 17.6 Å². The van der Waals surface area contributed by atoms with E-state index in [4.69, 9.17) is 21.4 Å². The molecule has 6 nitrogen and oxygen atoms in total. The lowest BCUT2D eigenvalue weighted by Crippen LogP contribution is -2.36. The summed E-state index contributed by atoms with van der Waals surface area (Å²) in [5.41, 5.74) is 0.601.